The molecule has 0 aliphatic carbocycles. The number of pyridine rings is 1. The van der Waals surface area contributed by atoms with E-state index >= 15 is 0 Å². The van der Waals surface area contributed by atoms with E-state index < -0.39 is 0 Å². The third kappa shape index (κ3) is 2.72. The van der Waals surface area contributed by atoms with Crippen LogP contribution in [0.1, 0.15) is 0 Å². The number of aromatic nitrogens is 3. The van der Waals surface area contributed by atoms with Crippen molar-refractivity contribution in [3.63, 3.8) is 0 Å². The van der Waals surface area contributed by atoms with Crippen LogP contribution in [-0.2, 0) is 0 Å². The zero-order valence-corrected chi connectivity index (χ0v) is 15.2. The molecule has 5 aromatic rings. The van der Waals surface area contributed by atoms with Crippen LogP contribution in [0.3, 0.4) is 0 Å². The quantitative estimate of drug-likeness (QED) is 0.360. The summed E-state index contributed by atoms with van der Waals surface area (Å²) in [7, 11) is 0. The van der Waals surface area contributed by atoms with Crippen LogP contribution in [0.2, 0.25) is 5.02 Å². The average molecular weight is 392 g/mol. The predicted molar refractivity (Wildman–Crippen MR) is 107 cm³/mol. The molecule has 136 valence electrons. The van der Waals surface area contributed by atoms with E-state index in [4.69, 9.17) is 16.7 Å². The van der Waals surface area contributed by atoms with Gasteiger partial charge in [0.05, 0.1) is 16.7 Å². The lowest BCUT2D eigenvalue weighted by Gasteiger charge is -2.06. The van der Waals surface area contributed by atoms with Crippen LogP contribution in [0.25, 0.3) is 38.8 Å². The third-order valence-corrected chi connectivity index (χ3v) is 4.89. The van der Waals surface area contributed by atoms with Gasteiger partial charge in [-0.3, -0.25) is 4.98 Å². The molecule has 0 amide bonds. The summed E-state index contributed by atoms with van der Waals surface area (Å²) in [6.07, 6.45) is 1.75. The lowest BCUT2D eigenvalue weighted by Crippen LogP contribution is -1.97. The van der Waals surface area contributed by atoms with Crippen LogP contribution in [0.15, 0.2) is 72.9 Å². The summed E-state index contributed by atoms with van der Waals surface area (Å²) in [6.45, 7) is 0. The Hall–Kier alpha value is -3.31. The van der Waals surface area contributed by atoms with Crippen LogP contribution in [0.4, 0.5) is 8.78 Å². The summed E-state index contributed by atoms with van der Waals surface area (Å²) in [5, 5.41) is 6.96. The normalized spacial score (nSPS) is 11.4. The Morgan fingerprint density at radius 3 is 2.18 bits per heavy atom. The van der Waals surface area contributed by atoms with Gasteiger partial charge in [-0.05, 0) is 66.7 Å². The minimum atomic E-state index is -0.325. The van der Waals surface area contributed by atoms with Gasteiger partial charge in [0.25, 0.3) is 0 Å². The maximum atomic E-state index is 13.4. The Balaban J connectivity index is 1.90. The van der Waals surface area contributed by atoms with Crippen LogP contribution in [-0.4, -0.2) is 14.8 Å². The van der Waals surface area contributed by atoms with E-state index in [0.717, 1.165) is 27.4 Å². The summed E-state index contributed by atoms with van der Waals surface area (Å²) < 4.78 is 28.6. The lowest BCUT2D eigenvalue weighted by molar-refractivity contribution is 0.627. The molecule has 2 heterocycles. The largest absolute Gasteiger partial charge is 0.255 e. The van der Waals surface area contributed by atoms with Crippen LogP contribution in [0, 0.1) is 11.6 Å². The van der Waals surface area contributed by atoms with Crippen LogP contribution < -0.4 is 0 Å². The standard InChI is InChI=1S/C22H12ClF2N3/c23-14-3-10-20-18(11-14)22-19(12-26-20)21(13-1-4-15(24)5-2-13)27-28(22)17-8-6-16(25)7-9-17/h1-12H. The molecule has 0 radical (unpaired) electrons. The number of fused-ring (bicyclic) bond motifs is 3. The topological polar surface area (TPSA) is 30.7 Å². The third-order valence-electron chi connectivity index (χ3n) is 4.66. The van der Waals surface area contributed by atoms with Crippen molar-refractivity contribution >= 4 is 33.4 Å². The molecule has 0 aliphatic rings. The number of hydrogen-bond acceptors (Lipinski definition) is 2. The van der Waals surface area contributed by atoms with Gasteiger partial charge >= 0.3 is 0 Å². The van der Waals surface area contributed by atoms with Gasteiger partial charge in [0.15, 0.2) is 0 Å². The van der Waals surface area contributed by atoms with E-state index in [9.17, 15) is 8.78 Å². The summed E-state index contributed by atoms with van der Waals surface area (Å²) in [6, 6.07) is 17.7. The highest BCUT2D eigenvalue weighted by Gasteiger charge is 2.17. The van der Waals surface area contributed by atoms with Gasteiger partial charge < -0.3 is 0 Å². The van der Waals surface area contributed by atoms with Gasteiger partial charge in [-0.1, -0.05) is 11.6 Å². The molecule has 6 heteroatoms. The molecule has 0 atom stereocenters. The van der Waals surface area contributed by atoms with Crippen molar-refractivity contribution in [2.24, 2.45) is 0 Å². The van der Waals surface area contributed by atoms with E-state index in [1.54, 1.807) is 41.2 Å². The number of hydrogen-bond donors (Lipinski definition) is 0. The van der Waals surface area contributed by atoms with E-state index in [1.165, 1.54) is 24.3 Å². The molecule has 5 rings (SSSR count). The first-order valence-corrected chi connectivity index (χ1v) is 8.97. The number of halogens is 3. The Morgan fingerprint density at radius 2 is 1.46 bits per heavy atom. The first-order chi connectivity index (χ1) is 13.6. The van der Waals surface area contributed by atoms with Crippen molar-refractivity contribution in [2.75, 3.05) is 0 Å². The molecule has 0 saturated carbocycles. The summed E-state index contributed by atoms with van der Waals surface area (Å²) in [4.78, 5) is 4.53. The van der Waals surface area contributed by atoms with Crippen molar-refractivity contribution in [1.82, 2.24) is 14.8 Å². The first kappa shape index (κ1) is 16.8. The molecule has 28 heavy (non-hydrogen) atoms. The molecule has 3 nitrogen and oxygen atoms in total. The highest BCUT2D eigenvalue weighted by Crippen LogP contribution is 2.34. The molecule has 0 N–H and O–H groups in total. The highest BCUT2D eigenvalue weighted by molar-refractivity contribution is 6.31. The predicted octanol–water partition coefficient (Wildman–Crippen LogP) is 6.17. The highest BCUT2D eigenvalue weighted by atomic mass is 35.5. The fraction of sp³-hybridized carbons (Fsp3) is 0. The molecular formula is C22H12ClF2N3. The van der Waals surface area contributed by atoms with Gasteiger partial charge in [0.2, 0.25) is 0 Å². The van der Waals surface area contributed by atoms with Crippen molar-refractivity contribution in [2.45, 2.75) is 0 Å². The monoisotopic (exact) mass is 391 g/mol. The van der Waals surface area contributed by atoms with Gasteiger partial charge in [-0.2, -0.15) is 5.10 Å². The maximum absolute atomic E-state index is 13.4. The van der Waals surface area contributed by atoms with Gasteiger partial charge in [0, 0.05) is 27.6 Å². The van der Waals surface area contributed by atoms with Gasteiger partial charge in [-0.15, -0.1) is 0 Å². The van der Waals surface area contributed by atoms with E-state index in [2.05, 4.69) is 4.98 Å². The van der Waals surface area contributed by atoms with Crippen LogP contribution >= 0.6 is 11.6 Å². The molecule has 3 aromatic carbocycles. The lowest BCUT2D eigenvalue weighted by atomic mass is 10.1. The zero-order chi connectivity index (χ0) is 19.3. The molecule has 0 saturated heterocycles. The maximum Gasteiger partial charge on any atom is 0.123 e. The molecule has 0 bridgehead atoms. The Labute approximate surface area is 163 Å². The Morgan fingerprint density at radius 1 is 0.786 bits per heavy atom. The second kappa shape index (κ2) is 6.39. The number of nitrogens with zero attached hydrogens (tertiary/aromatic N) is 3. The first-order valence-electron chi connectivity index (χ1n) is 8.59. The Bertz CT molecular complexity index is 1330. The average Bonchev–Trinajstić information content (AvgIpc) is 3.09. The van der Waals surface area contributed by atoms with Crippen molar-refractivity contribution < 1.29 is 8.78 Å². The number of rotatable bonds is 2. The molecule has 0 spiro atoms. The second-order valence-electron chi connectivity index (χ2n) is 6.43. The summed E-state index contributed by atoms with van der Waals surface area (Å²) in [5.74, 6) is -0.644. The molecule has 0 unspecified atom stereocenters. The van der Waals surface area contributed by atoms with E-state index in [1.807, 2.05) is 12.1 Å². The molecule has 2 aromatic heterocycles. The SMILES string of the molecule is Fc1ccc(-c2nn(-c3ccc(F)cc3)c3c2cnc2ccc(Cl)cc23)cc1. The minimum absolute atomic E-state index is 0.318. The van der Waals surface area contributed by atoms with E-state index in [-0.39, 0.29) is 11.6 Å². The van der Waals surface area contributed by atoms with Crippen molar-refractivity contribution in [1.29, 1.82) is 0 Å². The summed E-state index contributed by atoms with van der Waals surface area (Å²) >= 11 is 6.23. The molecular weight excluding hydrogens is 380 g/mol. The fourth-order valence-electron chi connectivity index (χ4n) is 3.35. The Kier molecular flexibility index (Phi) is 3.84. The van der Waals surface area contributed by atoms with Crippen molar-refractivity contribution in [3.8, 4) is 16.9 Å². The number of benzene rings is 3. The zero-order valence-electron chi connectivity index (χ0n) is 14.4. The molecule has 0 aliphatic heterocycles. The second-order valence-corrected chi connectivity index (χ2v) is 6.86. The van der Waals surface area contributed by atoms with Gasteiger partial charge in [0.1, 0.15) is 17.3 Å². The van der Waals surface area contributed by atoms with Crippen LogP contribution in [0.5, 0.6) is 0 Å². The minimum Gasteiger partial charge on any atom is -0.255 e. The fourth-order valence-corrected chi connectivity index (χ4v) is 3.52. The van der Waals surface area contributed by atoms with Gasteiger partial charge in [-0.25, -0.2) is 13.5 Å². The summed E-state index contributed by atoms with van der Waals surface area (Å²) in [5.41, 5.74) is 3.70. The smallest absolute Gasteiger partial charge is 0.123 e. The molecule has 0 fully saturated rings. The van der Waals surface area contributed by atoms with Crippen molar-refractivity contribution in [3.05, 3.63) is 89.6 Å². The van der Waals surface area contributed by atoms with E-state index in [0.29, 0.717) is 16.4 Å².